The molecule has 0 bridgehead atoms. The molecule has 0 N–H and O–H groups in total. The van der Waals surface area contributed by atoms with E-state index in [4.69, 9.17) is 23.2 Å². The number of hydrogen-bond acceptors (Lipinski definition) is 7. The lowest BCUT2D eigenvalue weighted by Crippen LogP contribution is -2.01. The molecule has 0 aliphatic heterocycles. The molecule has 224 valence electrons. The van der Waals surface area contributed by atoms with Gasteiger partial charge in [0.15, 0.2) is 21.5 Å². The lowest BCUT2D eigenvalue weighted by Gasteiger charge is -2.07. The van der Waals surface area contributed by atoms with Crippen LogP contribution in [0.1, 0.15) is 11.6 Å². The van der Waals surface area contributed by atoms with Gasteiger partial charge >= 0.3 is 0 Å². The molecule has 0 aliphatic rings. The maximum absolute atomic E-state index is 11.6. The number of thioether (sulfide) groups is 1. The first-order chi connectivity index (χ1) is 21.0. The minimum atomic E-state index is -3.22. The van der Waals surface area contributed by atoms with Gasteiger partial charge < -0.3 is 0 Å². The molecule has 12 heteroatoms. The lowest BCUT2D eigenvalue weighted by atomic mass is 10.2. The van der Waals surface area contributed by atoms with Crippen molar-refractivity contribution in [1.82, 2.24) is 29.5 Å². The van der Waals surface area contributed by atoms with Gasteiger partial charge in [-0.3, -0.25) is 0 Å². The average Bonchev–Trinajstić information content (AvgIpc) is 3.60. The molecule has 2 heterocycles. The van der Waals surface area contributed by atoms with Crippen molar-refractivity contribution < 1.29 is 8.42 Å². The van der Waals surface area contributed by atoms with Crippen LogP contribution in [-0.4, -0.2) is 50.5 Å². The normalized spacial score (nSPS) is 11.2. The number of benzene rings is 4. The number of nitrogens with zero attached hydrogens (tertiary/aromatic N) is 6. The molecule has 0 spiro atoms. The van der Waals surface area contributed by atoms with Crippen LogP contribution < -0.4 is 0 Å². The summed E-state index contributed by atoms with van der Waals surface area (Å²) in [5.41, 5.74) is 3.61. The highest BCUT2D eigenvalue weighted by molar-refractivity contribution is 7.98. The summed E-state index contributed by atoms with van der Waals surface area (Å²) in [7, 11) is -3.22. The molecule has 0 aliphatic carbocycles. The SMILES string of the molecule is CSc1ccc(-n2nc(C)nc2-c2ccc(Cl)cc2)cc1.Cc1nc(-c2ccc(Cl)cc2)n(-c2ccc(S(C)(=O)=O)cc2)n1. The van der Waals surface area contributed by atoms with Crippen LogP contribution >= 0.6 is 35.0 Å². The Balaban J connectivity index is 0.000000175. The van der Waals surface area contributed by atoms with Crippen LogP contribution in [0, 0.1) is 13.8 Å². The van der Waals surface area contributed by atoms with E-state index in [1.807, 2.05) is 48.0 Å². The summed E-state index contributed by atoms with van der Waals surface area (Å²) in [4.78, 5) is 10.5. The Morgan fingerprint density at radius 2 is 1.00 bits per heavy atom. The van der Waals surface area contributed by atoms with Crippen molar-refractivity contribution >= 4 is 44.8 Å². The summed E-state index contributed by atoms with van der Waals surface area (Å²) in [5.74, 6) is 2.86. The zero-order valence-corrected chi connectivity index (χ0v) is 27.5. The molecule has 0 saturated heterocycles. The molecule has 2 aromatic heterocycles. The molecule has 44 heavy (non-hydrogen) atoms. The second-order valence-electron chi connectivity index (χ2n) is 9.77. The number of halogens is 2. The molecule has 6 rings (SSSR count). The Morgan fingerprint density at radius 1 is 0.614 bits per heavy atom. The molecule has 0 saturated carbocycles. The quantitative estimate of drug-likeness (QED) is 0.167. The van der Waals surface area contributed by atoms with Gasteiger partial charge in [0.2, 0.25) is 0 Å². The summed E-state index contributed by atoms with van der Waals surface area (Å²) in [6, 6.07) is 29.8. The average molecular weight is 664 g/mol. The third-order valence-corrected chi connectivity index (χ3v) is 8.83. The molecule has 0 amide bonds. The van der Waals surface area contributed by atoms with Crippen molar-refractivity contribution in [3.05, 3.63) is 119 Å². The molecule has 6 aromatic rings. The maximum atomic E-state index is 11.6. The third-order valence-electron chi connectivity index (χ3n) is 6.46. The predicted molar refractivity (Wildman–Crippen MR) is 178 cm³/mol. The first-order valence-electron chi connectivity index (χ1n) is 13.4. The van der Waals surface area contributed by atoms with Crippen LogP contribution in [0.15, 0.2) is 107 Å². The van der Waals surface area contributed by atoms with Gasteiger partial charge in [-0.05, 0) is 117 Å². The molecular weight excluding hydrogens is 635 g/mol. The fourth-order valence-electron chi connectivity index (χ4n) is 4.32. The minimum absolute atomic E-state index is 0.270. The van der Waals surface area contributed by atoms with Crippen LogP contribution in [-0.2, 0) is 9.84 Å². The van der Waals surface area contributed by atoms with E-state index >= 15 is 0 Å². The Bertz CT molecular complexity index is 1990. The predicted octanol–water partition coefficient (Wildman–Crippen LogP) is 7.92. The zero-order valence-electron chi connectivity index (χ0n) is 24.3. The second kappa shape index (κ2) is 13.4. The summed E-state index contributed by atoms with van der Waals surface area (Å²) in [5, 5.41) is 10.3. The Hall–Kier alpha value is -3.96. The van der Waals surface area contributed by atoms with Crippen molar-refractivity contribution in [3.63, 3.8) is 0 Å². The van der Waals surface area contributed by atoms with E-state index in [0.29, 0.717) is 21.7 Å². The molecule has 8 nitrogen and oxygen atoms in total. The highest BCUT2D eigenvalue weighted by Gasteiger charge is 2.14. The minimum Gasteiger partial charge on any atom is -0.224 e. The van der Waals surface area contributed by atoms with Gasteiger partial charge in [-0.2, -0.15) is 10.2 Å². The standard InChI is InChI=1S/C16H14ClN3O2S.C16H14ClN3S/c1-11-18-16(12-3-5-13(17)6-4-12)20(19-11)14-7-9-15(10-8-14)23(2,21)22;1-11-18-16(12-3-5-13(17)6-4-12)20(19-11)14-7-9-15(21-2)10-8-14/h3-10H,1-2H3;3-10H,1-2H3. The lowest BCUT2D eigenvalue weighted by molar-refractivity contribution is 0.602. The third kappa shape index (κ3) is 7.39. The van der Waals surface area contributed by atoms with Gasteiger partial charge in [0.05, 0.1) is 16.3 Å². The first kappa shape index (κ1) is 31.5. The molecule has 0 unspecified atom stereocenters. The van der Waals surface area contributed by atoms with E-state index in [0.717, 1.165) is 34.2 Å². The fraction of sp³-hybridized carbons (Fsp3) is 0.125. The molecule has 0 radical (unpaired) electrons. The number of hydrogen-bond donors (Lipinski definition) is 0. The molecular formula is C32H28Cl2N6O2S2. The number of rotatable bonds is 6. The van der Waals surface area contributed by atoms with Crippen molar-refractivity contribution in [2.45, 2.75) is 23.6 Å². The summed E-state index contributed by atoms with van der Waals surface area (Å²) in [6.07, 6.45) is 3.24. The van der Waals surface area contributed by atoms with E-state index in [9.17, 15) is 8.42 Å². The van der Waals surface area contributed by atoms with Crippen LogP contribution in [0.4, 0.5) is 0 Å². The van der Waals surface area contributed by atoms with E-state index in [1.54, 1.807) is 59.8 Å². The zero-order chi connectivity index (χ0) is 31.4. The second-order valence-corrected chi connectivity index (χ2v) is 13.5. The van der Waals surface area contributed by atoms with E-state index in [2.05, 4.69) is 50.7 Å². The fourth-order valence-corrected chi connectivity index (χ4v) is 5.61. The van der Waals surface area contributed by atoms with Gasteiger partial charge in [-0.15, -0.1) is 11.8 Å². The summed E-state index contributed by atoms with van der Waals surface area (Å²) < 4.78 is 26.7. The Labute approximate surface area is 270 Å². The topological polar surface area (TPSA) is 95.6 Å². The van der Waals surface area contributed by atoms with Crippen LogP contribution in [0.5, 0.6) is 0 Å². The highest BCUT2D eigenvalue weighted by Crippen LogP contribution is 2.25. The van der Waals surface area contributed by atoms with Crippen molar-refractivity contribution in [2.24, 2.45) is 0 Å². The van der Waals surface area contributed by atoms with Crippen LogP contribution in [0.25, 0.3) is 34.2 Å². The Kier molecular flexibility index (Phi) is 9.55. The number of aromatic nitrogens is 6. The van der Waals surface area contributed by atoms with E-state index < -0.39 is 9.84 Å². The summed E-state index contributed by atoms with van der Waals surface area (Å²) in [6.45, 7) is 3.70. The highest BCUT2D eigenvalue weighted by atomic mass is 35.5. The monoisotopic (exact) mass is 662 g/mol. The van der Waals surface area contributed by atoms with Crippen LogP contribution in [0.3, 0.4) is 0 Å². The maximum Gasteiger partial charge on any atom is 0.175 e. The van der Waals surface area contributed by atoms with E-state index in [-0.39, 0.29) is 4.90 Å². The van der Waals surface area contributed by atoms with Crippen LogP contribution in [0.2, 0.25) is 10.0 Å². The van der Waals surface area contributed by atoms with Crippen molar-refractivity contribution in [2.75, 3.05) is 12.5 Å². The van der Waals surface area contributed by atoms with Gasteiger partial charge in [0.1, 0.15) is 11.6 Å². The van der Waals surface area contributed by atoms with Crippen molar-refractivity contribution in [1.29, 1.82) is 0 Å². The van der Waals surface area contributed by atoms with E-state index in [1.165, 1.54) is 11.2 Å². The number of sulfone groups is 1. The summed E-state index contributed by atoms with van der Waals surface area (Å²) >= 11 is 13.6. The smallest absolute Gasteiger partial charge is 0.175 e. The van der Waals surface area contributed by atoms with Gasteiger partial charge in [0, 0.05) is 32.3 Å². The van der Waals surface area contributed by atoms with Gasteiger partial charge in [0.25, 0.3) is 0 Å². The van der Waals surface area contributed by atoms with Crippen molar-refractivity contribution in [3.8, 4) is 34.2 Å². The molecule has 4 aromatic carbocycles. The van der Waals surface area contributed by atoms with Gasteiger partial charge in [-0.25, -0.2) is 27.7 Å². The number of aryl methyl sites for hydroxylation is 2. The first-order valence-corrected chi connectivity index (χ1v) is 17.2. The molecule has 0 atom stereocenters. The Morgan fingerprint density at radius 3 is 1.36 bits per heavy atom. The largest absolute Gasteiger partial charge is 0.224 e. The molecule has 0 fully saturated rings. The van der Waals surface area contributed by atoms with Gasteiger partial charge in [-0.1, -0.05) is 23.2 Å².